The quantitative estimate of drug-likeness (QED) is 0.620. The zero-order valence-corrected chi connectivity index (χ0v) is 14.9. The van der Waals surface area contributed by atoms with Gasteiger partial charge in [0.2, 0.25) is 5.89 Å². The summed E-state index contributed by atoms with van der Waals surface area (Å²) >= 11 is 24.3. The zero-order chi connectivity index (χ0) is 17.3. The van der Waals surface area contributed by atoms with Gasteiger partial charge >= 0.3 is 6.01 Å². The molecular formula is C15H9Cl4N3O2. The van der Waals surface area contributed by atoms with Gasteiger partial charge in [0, 0.05) is 5.56 Å². The summed E-state index contributed by atoms with van der Waals surface area (Å²) in [6.07, 6.45) is 0. The first-order valence-electron chi connectivity index (χ1n) is 6.59. The van der Waals surface area contributed by atoms with Gasteiger partial charge in [-0.05, 0) is 29.8 Å². The predicted octanol–water partition coefficient (Wildman–Crippen LogP) is 5.51. The topological polar surface area (TPSA) is 74.2 Å². The third-order valence-electron chi connectivity index (χ3n) is 3.05. The monoisotopic (exact) mass is 403 g/mol. The molecule has 0 bridgehead atoms. The molecule has 3 rings (SSSR count). The van der Waals surface area contributed by atoms with Gasteiger partial charge in [-0.25, -0.2) is 0 Å². The van der Waals surface area contributed by atoms with Crippen molar-refractivity contribution in [2.24, 2.45) is 0 Å². The van der Waals surface area contributed by atoms with E-state index in [1.807, 2.05) is 0 Å². The summed E-state index contributed by atoms with van der Waals surface area (Å²) in [7, 11) is 0. The number of nitrogens with two attached hydrogens (primary N) is 1. The van der Waals surface area contributed by atoms with Crippen LogP contribution in [0.25, 0.3) is 11.5 Å². The summed E-state index contributed by atoms with van der Waals surface area (Å²) in [6, 6.07) is 8.36. The maximum Gasteiger partial charge on any atom is 0.313 e. The van der Waals surface area contributed by atoms with Crippen LogP contribution < -0.4 is 10.5 Å². The summed E-state index contributed by atoms with van der Waals surface area (Å²) in [6.45, 7) is 0.225. The molecule has 0 fully saturated rings. The molecule has 24 heavy (non-hydrogen) atoms. The van der Waals surface area contributed by atoms with Crippen molar-refractivity contribution in [3.63, 3.8) is 0 Å². The van der Waals surface area contributed by atoms with E-state index in [4.69, 9.17) is 61.3 Å². The maximum absolute atomic E-state index is 6.24. The largest absolute Gasteiger partial charge is 0.486 e. The number of hydrogen-bond acceptors (Lipinski definition) is 5. The fourth-order valence-electron chi connectivity index (χ4n) is 1.96. The highest BCUT2D eigenvalue weighted by Crippen LogP contribution is 2.38. The van der Waals surface area contributed by atoms with Crippen molar-refractivity contribution in [3.8, 4) is 17.2 Å². The molecular weight excluding hydrogens is 396 g/mol. The van der Waals surface area contributed by atoms with E-state index in [0.29, 0.717) is 31.4 Å². The lowest BCUT2D eigenvalue weighted by molar-refractivity contribution is 0.306. The van der Waals surface area contributed by atoms with Gasteiger partial charge in [-0.3, -0.25) is 0 Å². The standard InChI is InChI=1S/C15H9Cl4N3O2/c16-9-2-1-7(3-10(9)17)6-23-13-11(18)4-8(5-12(13)19)14-21-22-15(20)24-14/h1-5H,6H2,(H2,20,22). The lowest BCUT2D eigenvalue weighted by atomic mass is 10.2. The Kier molecular flexibility index (Phi) is 5.06. The number of rotatable bonds is 4. The summed E-state index contributed by atoms with van der Waals surface area (Å²) in [4.78, 5) is 0. The molecule has 0 unspecified atom stereocenters. The molecule has 124 valence electrons. The smallest absolute Gasteiger partial charge is 0.313 e. The Hall–Kier alpha value is -1.66. The van der Waals surface area contributed by atoms with E-state index in [-0.39, 0.29) is 18.5 Å². The van der Waals surface area contributed by atoms with Crippen molar-refractivity contribution in [2.75, 3.05) is 5.73 Å². The molecule has 0 saturated heterocycles. The fourth-order valence-corrected chi connectivity index (χ4v) is 2.87. The van der Waals surface area contributed by atoms with Crippen LogP contribution in [0.2, 0.25) is 20.1 Å². The van der Waals surface area contributed by atoms with Gasteiger partial charge in [0.15, 0.2) is 5.75 Å². The van der Waals surface area contributed by atoms with Crippen molar-refractivity contribution in [3.05, 3.63) is 56.0 Å². The second kappa shape index (κ2) is 7.07. The number of hydrogen-bond donors (Lipinski definition) is 1. The molecule has 1 heterocycles. The number of nitrogens with zero attached hydrogens (tertiary/aromatic N) is 2. The van der Waals surface area contributed by atoms with E-state index in [2.05, 4.69) is 10.2 Å². The summed E-state index contributed by atoms with van der Waals surface area (Å²) in [5.74, 6) is 0.549. The molecule has 2 N–H and O–H groups in total. The molecule has 5 nitrogen and oxygen atoms in total. The van der Waals surface area contributed by atoms with E-state index in [1.165, 1.54) is 0 Å². The highest BCUT2D eigenvalue weighted by molar-refractivity contribution is 6.42. The van der Waals surface area contributed by atoms with Crippen molar-refractivity contribution in [1.82, 2.24) is 10.2 Å². The molecule has 0 radical (unpaired) electrons. The zero-order valence-electron chi connectivity index (χ0n) is 11.9. The van der Waals surface area contributed by atoms with Crippen LogP contribution in [0.15, 0.2) is 34.7 Å². The van der Waals surface area contributed by atoms with Crippen molar-refractivity contribution in [2.45, 2.75) is 6.61 Å². The van der Waals surface area contributed by atoms with Gasteiger partial charge in [-0.15, -0.1) is 5.10 Å². The average Bonchev–Trinajstić information content (AvgIpc) is 2.96. The number of anilines is 1. The minimum atomic E-state index is -0.0443. The molecule has 9 heteroatoms. The van der Waals surface area contributed by atoms with Crippen LogP contribution in [0.3, 0.4) is 0 Å². The first-order valence-corrected chi connectivity index (χ1v) is 8.10. The number of benzene rings is 2. The van der Waals surface area contributed by atoms with E-state index in [9.17, 15) is 0 Å². The molecule has 0 amide bonds. The Labute approximate surface area is 157 Å². The minimum absolute atomic E-state index is 0.0443. The van der Waals surface area contributed by atoms with Crippen LogP contribution in [0.4, 0.5) is 6.01 Å². The van der Waals surface area contributed by atoms with E-state index < -0.39 is 0 Å². The van der Waals surface area contributed by atoms with Crippen LogP contribution in [0.5, 0.6) is 5.75 Å². The van der Waals surface area contributed by atoms with E-state index in [1.54, 1.807) is 30.3 Å². The first-order chi connectivity index (χ1) is 11.4. The molecule has 3 aromatic rings. The van der Waals surface area contributed by atoms with E-state index in [0.717, 1.165) is 5.56 Å². The van der Waals surface area contributed by atoms with Crippen LogP contribution in [0.1, 0.15) is 5.56 Å². The SMILES string of the molecule is Nc1nnc(-c2cc(Cl)c(OCc3ccc(Cl)c(Cl)c3)c(Cl)c2)o1. The lowest BCUT2D eigenvalue weighted by Gasteiger charge is -2.11. The number of ether oxygens (including phenoxy) is 1. The van der Waals surface area contributed by atoms with Crippen LogP contribution in [-0.2, 0) is 6.61 Å². The van der Waals surface area contributed by atoms with Gasteiger partial charge in [0.1, 0.15) is 6.61 Å². The second-order valence-electron chi connectivity index (χ2n) is 4.75. The second-order valence-corrected chi connectivity index (χ2v) is 6.38. The Morgan fingerprint density at radius 1 is 0.917 bits per heavy atom. The number of aromatic nitrogens is 2. The fraction of sp³-hybridized carbons (Fsp3) is 0.0667. The lowest BCUT2D eigenvalue weighted by Crippen LogP contribution is -1.97. The Balaban J connectivity index is 1.82. The van der Waals surface area contributed by atoms with Gasteiger partial charge in [-0.1, -0.05) is 57.6 Å². The Morgan fingerprint density at radius 2 is 1.62 bits per heavy atom. The molecule has 0 aliphatic rings. The van der Waals surface area contributed by atoms with Crippen molar-refractivity contribution < 1.29 is 9.15 Å². The molecule has 0 saturated carbocycles. The van der Waals surface area contributed by atoms with Gasteiger partial charge in [-0.2, -0.15) is 0 Å². The molecule has 0 atom stereocenters. The van der Waals surface area contributed by atoms with Crippen LogP contribution >= 0.6 is 46.4 Å². The number of halogens is 4. The van der Waals surface area contributed by atoms with Gasteiger partial charge in [0.25, 0.3) is 0 Å². The molecule has 0 aliphatic carbocycles. The average molecular weight is 405 g/mol. The molecule has 0 spiro atoms. The van der Waals surface area contributed by atoms with Gasteiger partial charge < -0.3 is 14.9 Å². The van der Waals surface area contributed by atoms with Crippen LogP contribution in [0, 0.1) is 0 Å². The van der Waals surface area contributed by atoms with Crippen LogP contribution in [-0.4, -0.2) is 10.2 Å². The van der Waals surface area contributed by atoms with Crippen molar-refractivity contribution >= 4 is 52.4 Å². The third kappa shape index (κ3) is 3.70. The summed E-state index contributed by atoms with van der Waals surface area (Å²) in [5.41, 5.74) is 6.77. The molecule has 2 aromatic carbocycles. The molecule has 0 aliphatic heterocycles. The normalized spacial score (nSPS) is 10.8. The van der Waals surface area contributed by atoms with Crippen molar-refractivity contribution in [1.29, 1.82) is 0 Å². The highest BCUT2D eigenvalue weighted by atomic mass is 35.5. The minimum Gasteiger partial charge on any atom is -0.486 e. The number of nitrogen functional groups attached to an aromatic ring is 1. The summed E-state index contributed by atoms with van der Waals surface area (Å²) in [5, 5.41) is 8.89. The predicted molar refractivity (Wildman–Crippen MR) is 95.0 cm³/mol. The summed E-state index contributed by atoms with van der Waals surface area (Å²) < 4.78 is 10.8. The highest BCUT2D eigenvalue weighted by Gasteiger charge is 2.15. The maximum atomic E-state index is 6.24. The third-order valence-corrected chi connectivity index (χ3v) is 4.35. The first kappa shape index (κ1) is 17.2. The van der Waals surface area contributed by atoms with E-state index >= 15 is 0 Å². The molecule has 1 aromatic heterocycles. The van der Waals surface area contributed by atoms with Gasteiger partial charge in [0.05, 0.1) is 20.1 Å². The Bertz CT molecular complexity index is 875. The Morgan fingerprint density at radius 3 is 2.21 bits per heavy atom.